The van der Waals surface area contributed by atoms with Crippen LogP contribution in [-0.2, 0) is 0 Å². The Hall–Kier alpha value is -0.520. The zero-order valence-electron chi connectivity index (χ0n) is 12.4. The minimum Gasteiger partial charge on any atom is -0.0999 e. The maximum absolute atomic E-state index is 4.05. The van der Waals surface area contributed by atoms with Gasteiger partial charge in [0.05, 0.1) is 0 Å². The fourth-order valence-electron chi connectivity index (χ4n) is 1.61. The second-order valence-electron chi connectivity index (χ2n) is 5.97. The van der Waals surface area contributed by atoms with E-state index in [1.807, 2.05) is 0 Å². The van der Waals surface area contributed by atoms with Gasteiger partial charge in [0.15, 0.2) is 0 Å². The third-order valence-electron chi connectivity index (χ3n) is 4.38. The summed E-state index contributed by atoms with van der Waals surface area (Å²) >= 11 is 0. The lowest BCUT2D eigenvalue weighted by Crippen LogP contribution is -2.13. The summed E-state index contributed by atoms with van der Waals surface area (Å²) in [4.78, 5) is 0. The first kappa shape index (κ1) is 15.5. The molecule has 0 aromatic rings. The minimum atomic E-state index is 0.353. The molecule has 0 saturated heterocycles. The number of hydrogen-bond acceptors (Lipinski definition) is 0. The van der Waals surface area contributed by atoms with E-state index in [9.17, 15) is 0 Å². The van der Waals surface area contributed by atoms with Gasteiger partial charge in [-0.1, -0.05) is 58.4 Å². The van der Waals surface area contributed by atoms with Crippen LogP contribution >= 0.6 is 0 Å². The van der Waals surface area contributed by atoms with Gasteiger partial charge in [-0.05, 0) is 43.9 Å². The second kappa shape index (κ2) is 6.27. The van der Waals surface area contributed by atoms with Crippen molar-refractivity contribution >= 4 is 0 Å². The van der Waals surface area contributed by atoms with Crippen LogP contribution in [0.3, 0.4) is 0 Å². The SMILES string of the molecule is C=C(C)C(C)C(C)CC=C(C)C(C)(C)CC. The molecule has 0 aromatic heterocycles. The first-order chi connectivity index (χ1) is 7.22. The standard InChI is InChI=1S/C16H30/c1-9-16(7,8)14(5)11-10-13(4)15(6)12(2)3/h11,13,15H,2,9-10H2,1,3-8H3. The molecule has 2 unspecified atom stereocenters. The van der Waals surface area contributed by atoms with Gasteiger partial charge in [0.25, 0.3) is 0 Å². The Bertz CT molecular complexity index is 255. The maximum atomic E-state index is 4.05. The van der Waals surface area contributed by atoms with Crippen molar-refractivity contribution in [2.45, 2.75) is 61.3 Å². The zero-order valence-corrected chi connectivity index (χ0v) is 12.4. The molecule has 0 fully saturated rings. The monoisotopic (exact) mass is 222 g/mol. The highest BCUT2D eigenvalue weighted by Crippen LogP contribution is 2.31. The van der Waals surface area contributed by atoms with E-state index < -0.39 is 0 Å². The molecule has 16 heavy (non-hydrogen) atoms. The van der Waals surface area contributed by atoms with Crippen LogP contribution < -0.4 is 0 Å². The summed E-state index contributed by atoms with van der Waals surface area (Å²) in [6, 6.07) is 0. The zero-order chi connectivity index (χ0) is 12.9. The third kappa shape index (κ3) is 4.55. The summed E-state index contributed by atoms with van der Waals surface area (Å²) in [5.41, 5.74) is 3.18. The molecule has 0 aliphatic carbocycles. The van der Waals surface area contributed by atoms with Crippen LogP contribution in [0.1, 0.15) is 61.3 Å². The fraction of sp³-hybridized carbons (Fsp3) is 0.750. The number of hydrogen-bond donors (Lipinski definition) is 0. The van der Waals surface area contributed by atoms with Crippen molar-refractivity contribution < 1.29 is 0 Å². The highest BCUT2D eigenvalue weighted by Gasteiger charge is 2.18. The summed E-state index contributed by atoms with van der Waals surface area (Å²) in [5, 5.41) is 0. The Balaban J connectivity index is 4.43. The van der Waals surface area contributed by atoms with Crippen molar-refractivity contribution in [2.75, 3.05) is 0 Å². The Morgan fingerprint density at radius 1 is 1.25 bits per heavy atom. The van der Waals surface area contributed by atoms with Gasteiger partial charge in [-0.2, -0.15) is 0 Å². The Morgan fingerprint density at radius 2 is 1.75 bits per heavy atom. The molecule has 0 aliphatic rings. The Kier molecular flexibility index (Phi) is 6.07. The maximum Gasteiger partial charge on any atom is -0.0150 e. The highest BCUT2D eigenvalue weighted by atomic mass is 14.2. The van der Waals surface area contributed by atoms with E-state index in [-0.39, 0.29) is 0 Å². The van der Waals surface area contributed by atoms with Crippen LogP contribution in [0.25, 0.3) is 0 Å². The van der Waals surface area contributed by atoms with Gasteiger partial charge < -0.3 is 0 Å². The summed E-state index contributed by atoms with van der Waals surface area (Å²) in [5.74, 6) is 1.31. The summed E-state index contributed by atoms with van der Waals surface area (Å²) in [6.07, 6.45) is 4.80. The van der Waals surface area contributed by atoms with Crippen molar-refractivity contribution in [2.24, 2.45) is 17.3 Å². The molecule has 0 saturated carbocycles. The van der Waals surface area contributed by atoms with Gasteiger partial charge in [0.2, 0.25) is 0 Å². The molecule has 0 N–H and O–H groups in total. The molecule has 0 amide bonds. The van der Waals surface area contributed by atoms with Crippen molar-refractivity contribution in [3.8, 4) is 0 Å². The van der Waals surface area contributed by atoms with E-state index in [0.717, 1.165) is 0 Å². The van der Waals surface area contributed by atoms with Crippen molar-refractivity contribution in [1.29, 1.82) is 0 Å². The summed E-state index contributed by atoms with van der Waals surface area (Å²) in [7, 11) is 0. The predicted molar refractivity (Wildman–Crippen MR) is 75.6 cm³/mol. The summed E-state index contributed by atoms with van der Waals surface area (Å²) in [6.45, 7) is 20.0. The molecule has 2 atom stereocenters. The minimum absolute atomic E-state index is 0.353. The lowest BCUT2D eigenvalue weighted by molar-refractivity contribution is 0.414. The fourth-order valence-corrected chi connectivity index (χ4v) is 1.61. The van der Waals surface area contributed by atoms with Crippen molar-refractivity contribution in [3.63, 3.8) is 0 Å². The van der Waals surface area contributed by atoms with Gasteiger partial charge >= 0.3 is 0 Å². The molecule has 0 heteroatoms. The second-order valence-corrected chi connectivity index (χ2v) is 5.97. The molecule has 0 aliphatic heterocycles. The van der Waals surface area contributed by atoms with Crippen LogP contribution in [-0.4, -0.2) is 0 Å². The molecule has 0 radical (unpaired) electrons. The Morgan fingerprint density at radius 3 is 2.12 bits per heavy atom. The van der Waals surface area contributed by atoms with E-state index in [1.165, 1.54) is 24.0 Å². The summed E-state index contributed by atoms with van der Waals surface area (Å²) < 4.78 is 0. The van der Waals surface area contributed by atoms with E-state index in [1.54, 1.807) is 0 Å². The average Bonchev–Trinajstić information content (AvgIpc) is 2.23. The van der Waals surface area contributed by atoms with Crippen LogP contribution in [0.15, 0.2) is 23.8 Å². The van der Waals surface area contributed by atoms with E-state index in [4.69, 9.17) is 0 Å². The normalized spacial score (nSPS) is 17.1. The quantitative estimate of drug-likeness (QED) is 0.513. The molecule has 0 aromatic carbocycles. The molecular weight excluding hydrogens is 192 g/mol. The largest absolute Gasteiger partial charge is 0.0999 e. The molecule has 0 bridgehead atoms. The van der Waals surface area contributed by atoms with Crippen LogP contribution in [0, 0.1) is 17.3 Å². The van der Waals surface area contributed by atoms with Crippen molar-refractivity contribution in [3.05, 3.63) is 23.8 Å². The lowest BCUT2D eigenvalue weighted by Gasteiger charge is -2.25. The molecule has 0 heterocycles. The van der Waals surface area contributed by atoms with Gasteiger partial charge in [-0.15, -0.1) is 0 Å². The van der Waals surface area contributed by atoms with Gasteiger partial charge in [0, 0.05) is 0 Å². The Labute approximate surface area is 103 Å². The molecule has 94 valence electrons. The lowest BCUT2D eigenvalue weighted by atomic mass is 9.80. The predicted octanol–water partition coefficient (Wildman–Crippen LogP) is 5.61. The van der Waals surface area contributed by atoms with E-state index in [2.05, 4.69) is 61.1 Å². The van der Waals surface area contributed by atoms with Gasteiger partial charge in [-0.25, -0.2) is 0 Å². The van der Waals surface area contributed by atoms with Crippen molar-refractivity contribution in [1.82, 2.24) is 0 Å². The smallest absolute Gasteiger partial charge is 0.0150 e. The number of rotatable bonds is 6. The molecule has 0 nitrogen and oxygen atoms in total. The number of allylic oxidation sites excluding steroid dienone is 3. The van der Waals surface area contributed by atoms with Crippen LogP contribution in [0.5, 0.6) is 0 Å². The van der Waals surface area contributed by atoms with Gasteiger partial charge in [0.1, 0.15) is 0 Å². The first-order valence-electron chi connectivity index (χ1n) is 6.55. The van der Waals surface area contributed by atoms with E-state index in [0.29, 0.717) is 17.3 Å². The highest BCUT2D eigenvalue weighted by molar-refractivity contribution is 5.09. The molecule has 0 rings (SSSR count). The van der Waals surface area contributed by atoms with E-state index >= 15 is 0 Å². The molecular formula is C16H30. The first-order valence-corrected chi connectivity index (χ1v) is 6.55. The van der Waals surface area contributed by atoms with Crippen LogP contribution in [0.4, 0.5) is 0 Å². The van der Waals surface area contributed by atoms with Crippen LogP contribution in [0.2, 0.25) is 0 Å². The van der Waals surface area contributed by atoms with Gasteiger partial charge in [-0.3, -0.25) is 0 Å². The average molecular weight is 222 g/mol. The third-order valence-corrected chi connectivity index (χ3v) is 4.38. The topological polar surface area (TPSA) is 0 Å². The molecule has 0 spiro atoms.